The fourth-order valence-electron chi connectivity index (χ4n) is 3.62. The molecule has 4 aromatic rings. The number of hydrogen-bond acceptors (Lipinski definition) is 4. The molecule has 2 aromatic heterocycles. The lowest BCUT2D eigenvalue weighted by Crippen LogP contribution is -2.36. The standard InChI is InChI=1S/C23H20FN3O2S/c1-2-18(21(25)28)27-19(12-14-6-4-3-5-7-14)26-22-20(23(27)29)17(13-30-22)15-8-10-16(24)11-9-15/h3-11,13,18H,2,12H2,1H3,(H2,25,28). The largest absolute Gasteiger partial charge is 0.368 e. The van der Waals surface area contributed by atoms with E-state index in [1.165, 1.54) is 28.0 Å². The lowest BCUT2D eigenvalue weighted by molar-refractivity contribution is -0.121. The van der Waals surface area contributed by atoms with Gasteiger partial charge in [0.15, 0.2) is 0 Å². The number of aromatic nitrogens is 2. The Morgan fingerprint density at radius 2 is 1.87 bits per heavy atom. The minimum atomic E-state index is -0.797. The Morgan fingerprint density at radius 1 is 1.17 bits per heavy atom. The van der Waals surface area contributed by atoms with E-state index in [2.05, 4.69) is 0 Å². The van der Waals surface area contributed by atoms with Crippen LogP contribution < -0.4 is 11.3 Å². The number of halogens is 1. The van der Waals surface area contributed by atoms with Crippen LogP contribution in [-0.4, -0.2) is 15.5 Å². The first-order valence-corrected chi connectivity index (χ1v) is 10.5. The minimum Gasteiger partial charge on any atom is -0.368 e. The number of fused-ring (bicyclic) bond motifs is 1. The highest BCUT2D eigenvalue weighted by atomic mass is 32.1. The van der Waals surface area contributed by atoms with Crippen molar-refractivity contribution in [1.29, 1.82) is 0 Å². The number of amides is 1. The number of primary amides is 1. The third-order valence-electron chi connectivity index (χ3n) is 5.10. The van der Waals surface area contributed by atoms with Crippen molar-refractivity contribution in [3.63, 3.8) is 0 Å². The van der Waals surface area contributed by atoms with E-state index in [0.29, 0.717) is 34.4 Å². The Kier molecular flexibility index (Phi) is 5.46. The highest BCUT2D eigenvalue weighted by Gasteiger charge is 2.24. The maximum Gasteiger partial charge on any atom is 0.263 e. The topological polar surface area (TPSA) is 78.0 Å². The summed E-state index contributed by atoms with van der Waals surface area (Å²) < 4.78 is 14.8. The zero-order valence-electron chi connectivity index (χ0n) is 16.3. The second-order valence-corrected chi connectivity index (χ2v) is 7.89. The molecule has 0 saturated heterocycles. The highest BCUT2D eigenvalue weighted by molar-refractivity contribution is 7.17. The predicted molar refractivity (Wildman–Crippen MR) is 117 cm³/mol. The molecule has 0 fully saturated rings. The maximum absolute atomic E-state index is 13.6. The Labute approximate surface area is 176 Å². The van der Waals surface area contributed by atoms with Crippen LogP contribution in [0, 0.1) is 5.82 Å². The first-order chi connectivity index (χ1) is 14.5. The molecular weight excluding hydrogens is 401 g/mol. The summed E-state index contributed by atoms with van der Waals surface area (Å²) in [5, 5.41) is 2.26. The number of hydrogen-bond donors (Lipinski definition) is 1. The molecule has 0 saturated carbocycles. The Morgan fingerprint density at radius 3 is 2.50 bits per heavy atom. The SMILES string of the molecule is CCC(C(N)=O)n1c(Cc2ccccc2)nc2scc(-c3ccc(F)cc3)c2c1=O. The van der Waals surface area contributed by atoms with Gasteiger partial charge in [0, 0.05) is 17.4 Å². The second kappa shape index (κ2) is 8.20. The van der Waals surface area contributed by atoms with Crippen molar-refractivity contribution in [2.45, 2.75) is 25.8 Å². The van der Waals surface area contributed by atoms with E-state index in [1.807, 2.05) is 42.6 Å². The van der Waals surface area contributed by atoms with Crippen molar-refractivity contribution < 1.29 is 9.18 Å². The van der Waals surface area contributed by atoms with Crippen molar-refractivity contribution in [3.05, 3.63) is 87.5 Å². The van der Waals surface area contributed by atoms with Gasteiger partial charge >= 0.3 is 0 Å². The molecule has 0 aliphatic rings. The molecule has 30 heavy (non-hydrogen) atoms. The van der Waals surface area contributed by atoms with Gasteiger partial charge in [-0.15, -0.1) is 11.3 Å². The zero-order chi connectivity index (χ0) is 21.3. The van der Waals surface area contributed by atoms with Gasteiger partial charge in [0.05, 0.1) is 5.39 Å². The third-order valence-corrected chi connectivity index (χ3v) is 5.97. The molecule has 0 bridgehead atoms. The fourth-order valence-corrected chi connectivity index (χ4v) is 4.58. The molecule has 2 heterocycles. The van der Waals surface area contributed by atoms with Gasteiger partial charge in [0.25, 0.3) is 5.56 Å². The van der Waals surface area contributed by atoms with Crippen LogP contribution in [0.4, 0.5) is 4.39 Å². The minimum absolute atomic E-state index is 0.308. The fraction of sp³-hybridized carbons (Fsp3) is 0.174. The quantitative estimate of drug-likeness (QED) is 0.504. The summed E-state index contributed by atoms with van der Waals surface area (Å²) in [6, 6.07) is 14.8. The summed E-state index contributed by atoms with van der Waals surface area (Å²) in [6.07, 6.45) is 0.778. The molecule has 0 aliphatic carbocycles. The number of carbonyl (C=O) groups is 1. The molecule has 7 heteroatoms. The van der Waals surface area contributed by atoms with Crippen LogP contribution in [-0.2, 0) is 11.2 Å². The summed E-state index contributed by atoms with van der Waals surface area (Å²) >= 11 is 1.35. The van der Waals surface area contributed by atoms with Gasteiger partial charge in [0.2, 0.25) is 5.91 Å². The second-order valence-electron chi connectivity index (χ2n) is 7.03. The Bertz CT molecular complexity index is 1260. The lowest BCUT2D eigenvalue weighted by atomic mass is 10.1. The third kappa shape index (κ3) is 3.64. The van der Waals surface area contributed by atoms with Crippen LogP contribution in [0.1, 0.15) is 30.8 Å². The number of nitrogens with zero attached hydrogens (tertiary/aromatic N) is 2. The Hall–Kier alpha value is -3.32. The average Bonchev–Trinajstić information content (AvgIpc) is 3.16. The van der Waals surface area contributed by atoms with Gasteiger partial charge in [-0.2, -0.15) is 0 Å². The molecule has 0 spiro atoms. The van der Waals surface area contributed by atoms with Crippen LogP contribution in [0.2, 0.25) is 0 Å². The van der Waals surface area contributed by atoms with E-state index in [-0.39, 0.29) is 11.4 Å². The smallest absolute Gasteiger partial charge is 0.263 e. The summed E-state index contributed by atoms with van der Waals surface area (Å²) in [6.45, 7) is 1.81. The number of rotatable bonds is 6. The molecule has 2 aromatic carbocycles. The summed E-state index contributed by atoms with van der Waals surface area (Å²) in [5.74, 6) is -0.427. The first-order valence-electron chi connectivity index (χ1n) is 9.61. The summed E-state index contributed by atoms with van der Waals surface area (Å²) in [4.78, 5) is 31.1. The molecule has 0 radical (unpaired) electrons. The molecule has 4 rings (SSSR count). The molecule has 5 nitrogen and oxygen atoms in total. The van der Waals surface area contributed by atoms with Crippen molar-refractivity contribution in [2.75, 3.05) is 0 Å². The van der Waals surface area contributed by atoms with Gasteiger partial charge in [0.1, 0.15) is 22.5 Å². The van der Waals surface area contributed by atoms with Crippen molar-refractivity contribution in [1.82, 2.24) is 9.55 Å². The molecule has 1 amide bonds. The van der Waals surface area contributed by atoms with Crippen LogP contribution in [0.15, 0.2) is 64.8 Å². The monoisotopic (exact) mass is 421 g/mol. The number of nitrogens with two attached hydrogens (primary N) is 1. The predicted octanol–water partition coefficient (Wildman–Crippen LogP) is 4.29. The average molecular weight is 421 g/mol. The van der Waals surface area contributed by atoms with Crippen molar-refractivity contribution in [2.24, 2.45) is 5.73 Å². The van der Waals surface area contributed by atoms with E-state index >= 15 is 0 Å². The van der Waals surface area contributed by atoms with E-state index in [1.54, 1.807) is 12.1 Å². The van der Waals surface area contributed by atoms with Crippen LogP contribution in [0.3, 0.4) is 0 Å². The Balaban J connectivity index is 1.96. The number of benzene rings is 2. The molecule has 1 unspecified atom stereocenters. The maximum atomic E-state index is 13.6. The van der Waals surface area contributed by atoms with Crippen molar-refractivity contribution in [3.8, 4) is 11.1 Å². The molecule has 1 atom stereocenters. The van der Waals surface area contributed by atoms with Gasteiger partial charge in [-0.3, -0.25) is 14.2 Å². The van der Waals surface area contributed by atoms with E-state index in [9.17, 15) is 14.0 Å². The van der Waals surface area contributed by atoms with Gasteiger partial charge < -0.3 is 5.73 Å². The van der Waals surface area contributed by atoms with Gasteiger partial charge in [-0.05, 0) is 29.7 Å². The van der Waals surface area contributed by atoms with E-state index in [4.69, 9.17) is 10.7 Å². The van der Waals surface area contributed by atoms with Crippen LogP contribution in [0.5, 0.6) is 0 Å². The molecule has 152 valence electrons. The van der Waals surface area contributed by atoms with E-state index in [0.717, 1.165) is 11.1 Å². The van der Waals surface area contributed by atoms with Gasteiger partial charge in [-0.1, -0.05) is 49.4 Å². The lowest BCUT2D eigenvalue weighted by Gasteiger charge is -2.19. The zero-order valence-corrected chi connectivity index (χ0v) is 17.2. The van der Waals surface area contributed by atoms with Crippen molar-refractivity contribution >= 4 is 27.5 Å². The van der Waals surface area contributed by atoms with E-state index < -0.39 is 11.9 Å². The number of carbonyl (C=O) groups excluding carboxylic acids is 1. The normalized spacial score (nSPS) is 12.2. The summed E-state index contributed by atoms with van der Waals surface area (Å²) in [7, 11) is 0. The first kappa shape index (κ1) is 20.0. The van der Waals surface area contributed by atoms with Crippen LogP contribution >= 0.6 is 11.3 Å². The highest BCUT2D eigenvalue weighted by Crippen LogP contribution is 2.32. The molecular formula is C23H20FN3O2S. The number of thiophene rings is 1. The van der Waals surface area contributed by atoms with Crippen LogP contribution in [0.25, 0.3) is 21.3 Å². The van der Waals surface area contributed by atoms with Gasteiger partial charge in [-0.25, -0.2) is 9.37 Å². The molecule has 2 N–H and O–H groups in total. The molecule has 0 aliphatic heterocycles. The summed E-state index contributed by atoms with van der Waals surface area (Å²) in [5.41, 5.74) is 7.69.